The Morgan fingerprint density at radius 3 is 2.32 bits per heavy atom. The summed E-state index contributed by atoms with van der Waals surface area (Å²) in [5.74, 6) is 4.73. The molecule has 104 valence electrons. The number of hydrogen-bond donors (Lipinski definition) is 1. The molecule has 1 atom stereocenters. The van der Waals surface area contributed by atoms with Crippen LogP contribution in [0.5, 0.6) is 0 Å². The second-order valence-corrected chi connectivity index (χ2v) is 7.03. The van der Waals surface area contributed by atoms with E-state index in [9.17, 15) is 0 Å². The molecule has 1 heterocycles. The first-order chi connectivity index (χ1) is 9.35. The van der Waals surface area contributed by atoms with Gasteiger partial charge in [0.2, 0.25) is 0 Å². The zero-order valence-electron chi connectivity index (χ0n) is 11.5. The lowest BCUT2D eigenvalue weighted by Gasteiger charge is -2.56. The molecular weight excluding hydrogens is 236 g/mol. The molecule has 0 amide bonds. The lowest BCUT2D eigenvalue weighted by Crippen LogP contribution is -2.48. The van der Waals surface area contributed by atoms with Gasteiger partial charge in [-0.15, -0.1) is 0 Å². The van der Waals surface area contributed by atoms with Crippen LogP contribution in [0.15, 0.2) is 12.7 Å². The van der Waals surface area contributed by atoms with Crippen molar-refractivity contribution in [1.82, 2.24) is 14.8 Å². The number of aromatic nitrogens is 3. The third kappa shape index (κ3) is 1.92. The standard InChI is InChI=1S/C15H24N4/c16-2-1-14(19-9-17-8-18-19)15-12-4-10-3-11(6-12)7-13(15)5-10/h8-15H,1-7,16H2. The lowest BCUT2D eigenvalue weighted by molar-refractivity contribution is -0.0613. The van der Waals surface area contributed by atoms with Crippen molar-refractivity contribution < 1.29 is 0 Å². The number of rotatable bonds is 4. The van der Waals surface area contributed by atoms with E-state index in [2.05, 4.69) is 14.8 Å². The van der Waals surface area contributed by atoms with Gasteiger partial charge in [0, 0.05) is 0 Å². The fourth-order valence-electron chi connectivity index (χ4n) is 5.66. The van der Waals surface area contributed by atoms with E-state index in [-0.39, 0.29) is 0 Å². The van der Waals surface area contributed by atoms with Crippen LogP contribution >= 0.6 is 0 Å². The molecular formula is C15H24N4. The highest BCUT2D eigenvalue weighted by Gasteiger charge is 2.50. The second-order valence-electron chi connectivity index (χ2n) is 7.03. The Kier molecular flexibility index (Phi) is 2.87. The average molecular weight is 260 g/mol. The van der Waals surface area contributed by atoms with E-state index in [1.54, 1.807) is 6.33 Å². The van der Waals surface area contributed by atoms with Crippen LogP contribution in [-0.2, 0) is 0 Å². The molecule has 1 aromatic heterocycles. The topological polar surface area (TPSA) is 56.7 Å². The minimum Gasteiger partial charge on any atom is -0.330 e. The summed E-state index contributed by atoms with van der Waals surface area (Å²) >= 11 is 0. The van der Waals surface area contributed by atoms with Gasteiger partial charge in [0.15, 0.2) is 0 Å². The van der Waals surface area contributed by atoms with E-state index < -0.39 is 0 Å². The first-order valence-corrected chi connectivity index (χ1v) is 7.89. The van der Waals surface area contributed by atoms with Crippen molar-refractivity contribution in [2.24, 2.45) is 35.3 Å². The summed E-state index contributed by atoms with van der Waals surface area (Å²) in [6.07, 6.45) is 12.0. The maximum Gasteiger partial charge on any atom is 0.137 e. The van der Waals surface area contributed by atoms with Gasteiger partial charge < -0.3 is 5.73 Å². The molecule has 4 saturated carbocycles. The Morgan fingerprint density at radius 2 is 1.79 bits per heavy atom. The summed E-state index contributed by atoms with van der Waals surface area (Å²) in [5.41, 5.74) is 5.87. The molecule has 2 N–H and O–H groups in total. The SMILES string of the molecule is NCCC(C1C2CC3CC(C2)CC1C3)n1cncn1. The predicted octanol–water partition coefficient (Wildman–Crippen LogP) is 2.24. The van der Waals surface area contributed by atoms with Crippen molar-refractivity contribution in [2.45, 2.75) is 44.6 Å². The molecule has 1 aromatic rings. The van der Waals surface area contributed by atoms with Crippen LogP contribution in [0.3, 0.4) is 0 Å². The quantitative estimate of drug-likeness (QED) is 0.903. The minimum atomic E-state index is 0.488. The van der Waals surface area contributed by atoms with Crippen molar-refractivity contribution in [3.8, 4) is 0 Å². The van der Waals surface area contributed by atoms with Crippen LogP contribution in [0.1, 0.15) is 44.6 Å². The van der Waals surface area contributed by atoms with Gasteiger partial charge in [-0.25, -0.2) is 9.67 Å². The van der Waals surface area contributed by atoms with E-state index >= 15 is 0 Å². The third-order valence-electron chi connectivity index (χ3n) is 5.98. The number of hydrogen-bond acceptors (Lipinski definition) is 3. The van der Waals surface area contributed by atoms with Crippen molar-refractivity contribution in [3.63, 3.8) is 0 Å². The fraction of sp³-hybridized carbons (Fsp3) is 0.867. The zero-order valence-corrected chi connectivity index (χ0v) is 11.5. The first kappa shape index (κ1) is 11.9. The fourth-order valence-corrected chi connectivity index (χ4v) is 5.66. The van der Waals surface area contributed by atoms with Gasteiger partial charge in [-0.1, -0.05) is 0 Å². The highest BCUT2D eigenvalue weighted by atomic mass is 15.3. The summed E-state index contributed by atoms with van der Waals surface area (Å²) in [5, 5.41) is 4.42. The van der Waals surface area contributed by atoms with Crippen molar-refractivity contribution in [1.29, 1.82) is 0 Å². The van der Waals surface area contributed by atoms with Crippen molar-refractivity contribution in [3.05, 3.63) is 12.7 Å². The van der Waals surface area contributed by atoms with Crippen molar-refractivity contribution in [2.75, 3.05) is 6.54 Å². The van der Waals surface area contributed by atoms with Gasteiger partial charge >= 0.3 is 0 Å². The molecule has 19 heavy (non-hydrogen) atoms. The Hall–Kier alpha value is -0.900. The Labute approximate surface area is 114 Å². The van der Waals surface area contributed by atoms with Crippen LogP contribution in [0.4, 0.5) is 0 Å². The second kappa shape index (κ2) is 4.58. The molecule has 4 fully saturated rings. The molecule has 4 nitrogen and oxygen atoms in total. The molecule has 4 bridgehead atoms. The smallest absolute Gasteiger partial charge is 0.137 e. The Morgan fingerprint density at radius 1 is 1.11 bits per heavy atom. The Balaban J connectivity index is 1.62. The van der Waals surface area contributed by atoms with Gasteiger partial charge in [0.1, 0.15) is 12.7 Å². The van der Waals surface area contributed by atoms with E-state index in [4.69, 9.17) is 5.73 Å². The van der Waals surface area contributed by atoms with Crippen molar-refractivity contribution >= 4 is 0 Å². The molecule has 4 aliphatic carbocycles. The van der Waals surface area contributed by atoms with Gasteiger partial charge in [-0.2, -0.15) is 5.10 Å². The molecule has 5 rings (SSSR count). The van der Waals surface area contributed by atoms with Gasteiger partial charge in [0.05, 0.1) is 6.04 Å². The zero-order chi connectivity index (χ0) is 12.8. The van der Waals surface area contributed by atoms with E-state index in [0.717, 1.165) is 42.6 Å². The van der Waals surface area contributed by atoms with E-state index in [1.165, 1.54) is 32.1 Å². The van der Waals surface area contributed by atoms with Crippen LogP contribution < -0.4 is 5.73 Å². The maximum atomic E-state index is 5.87. The van der Waals surface area contributed by atoms with E-state index in [0.29, 0.717) is 6.04 Å². The molecule has 0 radical (unpaired) electrons. The minimum absolute atomic E-state index is 0.488. The van der Waals surface area contributed by atoms with Gasteiger partial charge in [-0.05, 0) is 74.7 Å². The lowest BCUT2D eigenvalue weighted by atomic mass is 9.50. The molecule has 0 saturated heterocycles. The molecule has 0 aliphatic heterocycles. The molecule has 0 aromatic carbocycles. The largest absolute Gasteiger partial charge is 0.330 e. The predicted molar refractivity (Wildman–Crippen MR) is 73.3 cm³/mol. The Bertz CT molecular complexity index is 399. The van der Waals surface area contributed by atoms with Crippen LogP contribution in [0.2, 0.25) is 0 Å². The summed E-state index contributed by atoms with van der Waals surface area (Å²) in [6, 6.07) is 0.488. The average Bonchev–Trinajstić information content (AvgIpc) is 2.89. The number of nitrogens with two attached hydrogens (primary N) is 1. The molecule has 4 heteroatoms. The van der Waals surface area contributed by atoms with Gasteiger partial charge in [0.25, 0.3) is 0 Å². The maximum absolute atomic E-state index is 5.87. The highest BCUT2D eigenvalue weighted by molar-refractivity contribution is 5.01. The van der Waals surface area contributed by atoms with Crippen LogP contribution in [0, 0.1) is 29.6 Å². The summed E-state index contributed by atoms with van der Waals surface area (Å²) < 4.78 is 2.10. The summed E-state index contributed by atoms with van der Waals surface area (Å²) in [7, 11) is 0. The highest BCUT2D eigenvalue weighted by Crippen LogP contribution is 2.59. The van der Waals surface area contributed by atoms with Gasteiger partial charge in [-0.3, -0.25) is 0 Å². The van der Waals surface area contributed by atoms with Crippen LogP contribution in [0.25, 0.3) is 0 Å². The third-order valence-corrected chi connectivity index (χ3v) is 5.98. The normalized spacial score (nSPS) is 41.6. The first-order valence-electron chi connectivity index (χ1n) is 7.89. The molecule has 1 unspecified atom stereocenters. The van der Waals surface area contributed by atoms with Crippen LogP contribution in [-0.4, -0.2) is 21.3 Å². The summed E-state index contributed by atoms with van der Waals surface area (Å²) in [4.78, 5) is 4.15. The molecule has 4 aliphatic rings. The molecule has 0 spiro atoms. The van der Waals surface area contributed by atoms with E-state index in [1.807, 2.05) is 6.33 Å². The summed E-state index contributed by atoms with van der Waals surface area (Å²) in [6.45, 7) is 0.757. The number of nitrogens with zero attached hydrogens (tertiary/aromatic N) is 3. The monoisotopic (exact) mass is 260 g/mol.